The Kier molecular flexibility index (Phi) is 8.39. The average Bonchev–Trinajstić information content (AvgIpc) is 3.09. The Morgan fingerprint density at radius 1 is 1.05 bits per heavy atom. The Bertz CT molecular complexity index is 433. The van der Waals surface area contributed by atoms with Crippen molar-refractivity contribution in [2.24, 2.45) is 4.99 Å². The molecule has 0 radical (unpaired) electrons. The second-order valence-electron chi connectivity index (χ2n) is 5.87. The molecule has 0 aromatic carbocycles. The highest BCUT2D eigenvalue weighted by Crippen LogP contribution is 2.17. The Labute approximate surface area is 139 Å². The summed E-state index contributed by atoms with van der Waals surface area (Å²) in [6.45, 7) is 5.49. The van der Waals surface area contributed by atoms with E-state index in [1.165, 1.54) is 49.3 Å². The van der Waals surface area contributed by atoms with Crippen molar-refractivity contribution < 1.29 is 0 Å². The third-order valence-electron chi connectivity index (χ3n) is 4.04. The quantitative estimate of drug-likeness (QED) is 0.599. The van der Waals surface area contributed by atoms with E-state index >= 15 is 0 Å². The van der Waals surface area contributed by atoms with Crippen LogP contribution in [0, 0.1) is 0 Å². The van der Waals surface area contributed by atoms with Crippen LogP contribution in [0.1, 0.15) is 51.0 Å². The molecule has 2 rings (SSSR count). The summed E-state index contributed by atoms with van der Waals surface area (Å²) in [5.74, 6) is 1.15. The topological polar surface area (TPSA) is 28.5 Å². The van der Waals surface area contributed by atoms with Crippen LogP contribution in [-0.4, -0.2) is 40.4 Å². The van der Waals surface area contributed by atoms with Gasteiger partial charge in [0.1, 0.15) is 0 Å². The molecule has 22 heavy (non-hydrogen) atoms. The van der Waals surface area contributed by atoms with Crippen molar-refractivity contribution in [3.63, 3.8) is 0 Å². The minimum atomic E-state index is 0.988. The molecule has 122 valence electrons. The van der Waals surface area contributed by atoms with Crippen LogP contribution < -0.4 is 0 Å². The van der Waals surface area contributed by atoms with Crippen LogP contribution in [0.25, 0.3) is 0 Å². The van der Waals surface area contributed by atoms with Crippen molar-refractivity contribution in [1.82, 2.24) is 9.88 Å². The maximum absolute atomic E-state index is 4.67. The fourth-order valence-corrected chi connectivity index (χ4v) is 3.63. The summed E-state index contributed by atoms with van der Waals surface area (Å²) in [6, 6.07) is 4.24. The number of rotatable bonds is 10. The number of pyridine rings is 1. The lowest BCUT2D eigenvalue weighted by Crippen LogP contribution is -2.31. The van der Waals surface area contributed by atoms with Gasteiger partial charge in [0.2, 0.25) is 0 Å². The molecule has 0 spiro atoms. The molecular formula is C18H29N3S. The number of hydrogen-bond acceptors (Lipinski definition) is 4. The monoisotopic (exact) mass is 319 g/mol. The van der Waals surface area contributed by atoms with Gasteiger partial charge in [-0.3, -0.25) is 9.98 Å². The Hall–Kier alpha value is -1.03. The van der Waals surface area contributed by atoms with Crippen LogP contribution in [0.3, 0.4) is 0 Å². The summed E-state index contributed by atoms with van der Waals surface area (Å²) >= 11 is 1.92. The SMILES string of the molecule is CCCCCCCCN(CCc1ccncc1)C1=NCCS1. The zero-order valence-corrected chi connectivity index (χ0v) is 14.7. The van der Waals surface area contributed by atoms with Crippen molar-refractivity contribution in [3.05, 3.63) is 30.1 Å². The molecular weight excluding hydrogens is 290 g/mol. The Balaban J connectivity index is 1.74. The standard InChI is InChI=1S/C18H29N3S/c1-2-3-4-5-6-7-14-21(18-20-13-16-22-18)15-10-17-8-11-19-12-9-17/h8-9,11-12H,2-7,10,13-16H2,1H3. The molecule has 0 saturated heterocycles. The van der Waals surface area contributed by atoms with Crippen LogP contribution in [-0.2, 0) is 6.42 Å². The second-order valence-corrected chi connectivity index (χ2v) is 6.94. The highest BCUT2D eigenvalue weighted by atomic mass is 32.2. The summed E-state index contributed by atoms with van der Waals surface area (Å²) in [4.78, 5) is 11.3. The molecule has 0 bridgehead atoms. The van der Waals surface area contributed by atoms with Crippen molar-refractivity contribution >= 4 is 16.9 Å². The number of thioether (sulfide) groups is 1. The molecule has 0 saturated carbocycles. The molecule has 1 aliphatic heterocycles. The number of unbranched alkanes of at least 4 members (excludes halogenated alkanes) is 5. The number of aliphatic imine (C=N–C) groups is 1. The molecule has 1 aromatic heterocycles. The number of amidine groups is 1. The lowest BCUT2D eigenvalue weighted by atomic mass is 10.1. The number of aromatic nitrogens is 1. The van der Waals surface area contributed by atoms with Gasteiger partial charge >= 0.3 is 0 Å². The van der Waals surface area contributed by atoms with E-state index in [1.807, 2.05) is 24.2 Å². The molecule has 2 heterocycles. The summed E-state index contributed by atoms with van der Waals surface area (Å²) in [7, 11) is 0. The lowest BCUT2D eigenvalue weighted by molar-refractivity contribution is 0.409. The molecule has 4 heteroatoms. The van der Waals surface area contributed by atoms with Crippen LogP contribution >= 0.6 is 11.8 Å². The van der Waals surface area contributed by atoms with E-state index in [0.29, 0.717) is 0 Å². The van der Waals surface area contributed by atoms with Gasteiger partial charge in [-0.05, 0) is 30.5 Å². The maximum Gasteiger partial charge on any atom is 0.159 e. The molecule has 0 aliphatic carbocycles. The molecule has 1 aromatic rings. The van der Waals surface area contributed by atoms with E-state index in [-0.39, 0.29) is 0 Å². The molecule has 0 atom stereocenters. The summed E-state index contributed by atoms with van der Waals surface area (Å²) in [6.07, 6.45) is 13.0. The van der Waals surface area contributed by atoms with Gasteiger partial charge in [-0.1, -0.05) is 50.8 Å². The summed E-state index contributed by atoms with van der Waals surface area (Å²) in [5, 5.41) is 1.27. The smallest absolute Gasteiger partial charge is 0.159 e. The van der Waals surface area contributed by atoms with E-state index in [1.54, 1.807) is 0 Å². The van der Waals surface area contributed by atoms with E-state index in [0.717, 1.165) is 31.8 Å². The van der Waals surface area contributed by atoms with E-state index in [2.05, 4.69) is 33.9 Å². The third-order valence-corrected chi connectivity index (χ3v) is 5.07. The lowest BCUT2D eigenvalue weighted by Gasteiger charge is -2.24. The first-order valence-electron chi connectivity index (χ1n) is 8.71. The zero-order chi connectivity index (χ0) is 15.5. The zero-order valence-electron chi connectivity index (χ0n) is 13.8. The van der Waals surface area contributed by atoms with Gasteiger partial charge in [-0.25, -0.2) is 0 Å². The fourth-order valence-electron chi connectivity index (χ4n) is 2.71. The fraction of sp³-hybridized carbons (Fsp3) is 0.667. The summed E-state index contributed by atoms with van der Waals surface area (Å²) in [5.41, 5.74) is 1.37. The maximum atomic E-state index is 4.67. The van der Waals surface area contributed by atoms with Crippen LogP contribution in [0.5, 0.6) is 0 Å². The molecule has 0 unspecified atom stereocenters. The first kappa shape index (κ1) is 17.3. The molecule has 3 nitrogen and oxygen atoms in total. The van der Waals surface area contributed by atoms with Crippen LogP contribution in [0.2, 0.25) is 0 Å². The van der Waals surface area contributed by atoms with Gasteiger partial charge in [0, 0.05) is 31.2 Å². The highest BCUT2D eigenvalue weighted by Gasteiger charge is 2.15. The molecule has 1 aliphatic rings. The molecule has 0 amide bonds. The van der Waals surface area contributed by atoms with Crippen molar-refractivity contribution in [1.29, 1.82) is 0 Å². The minimum Gasteiger partial charge on any atom is -0.351 e. The highest BCUT2D eigenvalue weighted by molar-refractivity contribution is 8.14. The Morgan fingerprint density at radius 2 is 1.82 bits per heavy atom. The predicted molar refractivity (Wildman–Crippen MR) is 97.7 cm³/mol. The normalized spacial score (nSPS) is 14.1. The van der Waals surface area contributed by atoms with E-state index in [9.17, 15) is 0 Å². The van der Waals surface area contributed by atoms with Gasteiger partial charge in [0.25, 0.3) is 0 Å². The van der Waals surface area contributed by atoms with Crippen molar-refractivity contribution in [2.75, 3.05) is 25.4 Å². The average molecular weight is 320 g/mol. The van der Waals surface area contributed by atoms with E-state index in [4.69, 9.17) is 0 Å². The Morgan fingerprint density at radius 3 is 2.55 bits per heavy atom. The van der Waals surface area contributed by atoms with Gasteiger partial charge in [0.15, 0.2) is 5.17 Å². The first-order valence-corrected chi connectivity index (χ1v) is 9.70. The molecule has 0 fully saturated rings. The van der Waals surface area contributed by atoms with Crippen molar-refractivity contribution in [3.8, 4) is 0 Å². The molecule has 0 N–H and O–H groups in total. The third kappa shape index (κ3) is 6.39. The van der Waals surface area contributed by atoms with Gasteiger partial charge in [0.05, 0.1) is 6.54 Å². The number of nitrogens with zero attached hydrogens (tertiary/aromatic N) is 3. The van der Waals surface area contributed by atoms with Crippen LogP contribution in [0.4, 0.5) is 0 Å². The minimum absolute atomic E-state index is 0.988. The predicted octanol–water partition coefficient (Wildman–Crippen LogP) is 4.39. The second kappa shape index (κ2) is 10.7. The van der Waals surface area contributed by atoms with E-state index < -0.39 is 0 Å². The summed E-state index contributed by atoms with van der Waals surface area (Å²) < 4.78 is 0. The van der Waals surface area contributed by atoms with Gasteiger partial charge < -0.3 is 4.90 Å². The number of hydrogen-bond donors (Lipinski definition) is 0. The van der Waals surface area contributed by atoms with Crippen LogP contribution in [0.15, 0.2) is 29.5 Å². The first-order chi connectivity index (χ1) is 10.9. The van der Waals surface area contributed by atoms with Gasteiger partial charge in [-0.2, -0.15) is 0 Å². The van der Waals surface area contributed by atoms with Crippen molar-refractivity contribution in [2.45, 2.75) is 51.9 Å². The largest absolute Gasteiger partial charge is 0.351 e. The van der Waals surface area contributed by atoms with Gasteiger partial charge in [-0.15, -0.1) is 0 Å².